The number of halogens is 2. The number of nitrogens with one attached hydrogen (secondary N) is 1. The molecule has 0 bridgehead atoms. The maximum absolute atomic E-state index is 14.3. The van der Waals surface area contributed by atoms with E-state index in [0.29, 0.717) is 34.9 Å². The summed E-state index contributed by atoms with van der Waals surface area (Å²) in [6, 6.07) is 14.7. The van der Waals surface area contributed by atoms with Gasteiger partial charge in [-0.15, -0.1) is 0 Å². The van der Waals surface area contributed by atoms with E-state index in [4.69, 9.17) is 4.74 Å². The van der Waals surface area contributed by atoms with Crippen molar-refractivity contribution >= 4 is 11.6 Å². The van der Waals surface area contributed by atoms with Crippen LogP contribution in [0.5, 0.6) is 5.75 Å². The van der Waals surface area contributed by atoms with Gasteiger partial charge in [-0.05, 0) is 55.5 Å². The number of hydrogen-bond donors (Lipinski definition) is 1. The largest absolute Gasteiger partial charge is 0.494 e. The third-order valence-electron chi connectivity index (χ3n) is 4.75. The van der Waals surface area contributed by atoms with Crippen molar-refractivity contribution in [2.45, 2.75) is 19.8 Å². The van der Waals surface area contributed by atoms with Gasteiger partial charge in [0.1, 0.15) is 11.4 Å². The van der Waals surface area contributed by atoms with Crippen molar-refractivity contribution in [3.05, 3.63) is 84.4 Å². The summed E-state index contributed by atoms with van der Waals surface area (Å²) in [6.45, 7) is 3.16. The fraction of sp³-hybridized carbons (Fsp3) is 0.167. The molecule has 0 spiro atoms. The van der Waals surface area contributed by atoms with Crippen molar-refractivity contribution in [1.29, 1.82) is 0 Å². The molecule has 7 nitrogen and oxygen atoms in total. The zero-order valence-corrected chi connectivity index (χ0v) is 18.0. The van der Waals surface area contributed by atoms with Crippen LogP contribution in [0, 0.1) is 0 Å². The molecule has 0 saturated carbocycles. The lowest BCUT2D eigenvalue weighted by molar-refractivity contribution is 0.0101. The third kappa shape index (κ3) is 5.03. The zero-order valence-electron chi connectivity index (χ0n) is 18.0. The van der Waals surface area contributed by atoms with Gasteiger partial charge in [-0.3, -0.25) is 9.78 Å². The standard InChI is InChI=1S/C24H21F2N5O2/c1-3-33-19-8-4-6-16(12-19)23(32)29-18-9-10-22(28-15-18)31-21(24(2,25)26)13-20(30-31)17-7-5-11-27-14-17/h4-15H,3H2,1-2H3,(H,29,32). The van der Waals surface area contributed by atoms with E-state index in [1.165, 1.54) is 18.3 Å². The van der Waals surface area contributed by atoms with Crippen molar-refractivity contribution in [3.63, 3.8) is 0 Å². The highest BCUT2D eigenvalue weighted by Crippen LogP contribution is 2.32. The topological polar surface area (TPSA) is 81.9 Å². The van der Waals surface area contributed by atoms with Gasteiger partial charge in [0.25, 0.3) is 11.8 Å². The predicted octanol–water partition coefficient (Wildman–Crippen LogP) is 5.09. The molecular formula is C24H21F2N5O2. The summed E-state index contributed by atoms with van der Waals surface area (Å²) >= 11 is 0. The number of nitrogens with zero attached hydrogens (tertiary/aromatic N) is 4. The minimum absolute atomic E-state index is 0.193. The molecule has 0 aliphatic carbocycles. The molecule has 3 heterocycles. The van der Waals surface area contributed by atoms with Gasteiger partial charge in [0.05, 0.1) is 24.2 Å². The summed E-state index contributed by atoms with van der Waals surface area (Å²) in [7, 11) is 0. The van der Waals surface area contributed by atoms with Gasteiger partial charge < -0.3 is 10.1 Å². The quantitative estimate of drug-likeness (QED) is 0.425. The summed E-state index contributed by atoms with van der Waals surface area (Å²) < 4.78 is 35.1. The molecule has 4 aromatic rings. The van der Waals surface area contributed by atoms with Crippen molar-refractivity contribution in [1.82, 2.24) is 19.7 Å². The molecule has 0 atom stereocenters. The van der Waals surface area contributed by atoms with Gasteiger partial charge in [0.15, 0.2) is 5.82 Å². The lowest BCUT2D eigenvalue weighted by Crippen LogP contribution is -2.16. The second kappa shape index (κ2) is 9.15. The molecule has 168 valence electrons. The summed E-state index contributed by atoms with van der Waals surface area (Å²) in [5.74, 6) is -2.70. The molecule has 1 aromatic carbocycles. The Morgan fingerprint density at radius 3 is 2.64 bits per heavy atom. The van der Waals surface area contributed by atoms with Gasteiger partial charge in [0.2, 0.25) is 0 Å². The lowest BCUT2D eigenvalue weighted by Gasteiger charge is -2.13. The third-order valence-corrected chi connectivity index (χ3v) is 4.75. The first-order valence-electron chi connectivity index (χ1n) is 10.2. The minimum atomic E-state index is -3.15. The average molecular weight is 449 g/mol. The van der Waals surface area contributed by atoms with Crippen molar-refractivity contribution < 1.29 is 18.3 Å². The Kier molecular flexibility index (Phi) is 6.12. The van der Waals surface area contributed by atoms with Crippen molar-refractivity contribution in [2.75, 3.05) is 11.9 Å². The Bertz CT molecular complexity index is 1250. The molecule has 3 aromatic heterocycles. The van der Waals surface area contributed by atoms with Crippen LogP contribution in [0.15, 0.2) is 73.2 Å². The van der Waals surface area contributed by atoms with Gasteiger partial charge >= 0.3 is 0 Å². The van der Waals surface area contributed by atoms with Crippen LogP contribution < -0.4 is 10.1 Å². The van der Waals surface area contributed by atoms with Crippen LogP contribution in [0.2, 0.25) is 0 Å². The Morgan fingerprint density at radius 2 is 1.97 bits per heavy atom. The van der Waals surface area contributed by atoms with E-state index in [-0.39, 0.29) is 17.4 Å². The number of carbonyl (C=O) groups excluding carboxylic acids is 1. The second-order valence-corrected chi connectivity index (χ2v) is 7.28. The Balaban J connectivity index is 1.59. The SMILES string of the molecule is CCOc1cccc(C(=O)Nc2ccc(-n3nc(-c4cccnc4)cc3C(C)(F)F)nc2)c1. The van der Waals surface area contributed by atoms with Crippen LogP contribution in [0.1, 0.15) is 29.9 Å². The molecule has 0 aliphatic heterocycles. The zero-order chi connectivity index (χ0) is 23.4. The minimum Gasteiger partial charge on any atom is -0.494 e. The van der Waals surface area contributed by atoms with E-state index in [1.807, 2.05) is 6.92 Å². The number of ether oxygens (including phenoxy) is 1. The Hall–Kier alpha value is -4.14. The number of rotatable bonds is 7. The van der Waals surface area contributed by atoms with E-state index in [0.717, 1.165) is 11.6 Å². The van der Waals surface area contributed by atoms with E-state index >= 15 is 0 Å². The first kappa shape index (κ1) is 22.1. The molecule has 33 heavy (non-hydrogen) atoms. The van der Waals surface area contributed by atoms with Crippen LogP contribution in [0.25, 0.3) is 17.1 Å². The molecule has 4 rings (SSSR count). The molecule has 0 unspecified atom stereocenters. The molecule has 1 N–H and O–H groups in total. The summed E-state index contributed by atoms with van der Waals surface area (Å²) in [4.78, 5) is 20.8. The number of aromatic nitrogens is 4. The number of hydrogen-bond acceptors (Lipinski definition) is 5. The van der Waals surface area contributed by atoms with Gasteiger partial charge in [-0.2, -0.15) is 13.9 Å². The Labute approximate surface area is 189 Å². The number of alkyl halides is 2. The number of anilines is 1. The van der Waals surface area contributed by atoms with E-state index in [9.17, 15) is 13.6 Å². The fourth-order valence-electron chi connectivity index (χ4n) is 3.21. The summed E-state index contributed by atoms with van der Waals surface area (Å²) in [5.41, 5.74) is 1.49. The number of benzene rings is 1. The molecule has 0 fully saturated rings. The monoisotopic (exact) mass is 449 g/mol. The van der Waals surface area contributed by atoms with Gasteiger partial charge in [-0.1, -0.05) is 6.07 Å². The Morgan fingerprint density at radius 1 is 1.12 bits per heavy atom. The maximum atomic E-state index is 14.3. The molecule has 9 heteroatoms. The summed E-state index contributed by atoms with van der Waals surface area (Å²) in [5, 5.41) is 7.05. The second-order valence-electron chi connectivity index (χ2n) is 7.28. The molecule has 0 saturated heterocycles. The maximum Gasteiger partial charge on any atom is 0.287 e. The van der Waals surface area contributed by atoms with Crippen molar-refractivity contribution in [3.8, 4) is 22.8 Å². The first-order valence-corrected chi connectivity index (χ1v) is 10.2. The average Bonchev–Trinajstić information content (AvgIpc) is 3.27. The molecule has 1 amide bonds. The van der Waals surface area contributed by atoms with Crippen LogP contribution in [-0.2, 0) is 5.92 Å². The highest BCUT2D eigenvalue weighted by atomic mass is 19.3. The van der Waals surface area contributed by atoms with E-state index < -0.39 is 5.92 Å². The highest BCUT2D eigenvalue weighted by molar-refractivity contribution is 6.04. The molecule has 0 aliphatic rings. The number of amides is 1. The molecule has 0 radical (unpaired) electrons. The van der Waals surface area contributed by atoms with Crippen LogP contribution in [0.3, 0.4) is 0 Å². The van der Waals surface area contributed by atoms with E-state index in [2.05, 4.69) is 20.4 Å². The lowest BCUT2D eigenvalue weighted by atomic mass is 10.2. The normalized spacial score (nSPS) is 11.3. The van der Waals surface area contributed by atoms with Crippen LogP contribution >= 0.6 is 0 Å². The first-order chi connectivity index (χ1) is 15.8. The van der Waals surface area contributed by atoms with E-state index in [1.54, 1.807) is 54.9 Å². The van der Waals surface area contributed by atoms with Gasteiger partial charge in [0, 0.05) is 30.4 Å². The van der Waals surface area contributed by atoms with Crippen molar-refractivity contribution in [2.24, 2.45) is 0 Å². The van der Waals surface area contributed by atoms with Crippen LogP contribution in [0.4, 0.5) is 14.5 Å². The van der Waals surface area contributed by atoms with Gasteiger partial charge in [-0.25, -0.2) is 9.67 Å². The fourth-order valence-corrected chi connectivity index (χ4v) is 3.21. The summed E-state index contributed by atoms with van der Waals surface area (Å²) in [6.07, 6.45) is 4.54. The highest BCUT2D eigenvalue weighted by Gasteiger charge is 2.31. The molecular weight excluding hydrogens is 428 g/mol. The predicted molar refractivity (Wildman–Crippen MR) is 120 cm³/mol. The number of pyridine rings is 2. The smallest absolute Gasteiger partial charge is 0.287 e. The van der Waals surface area contributed by atoms with Crippen LogP contribution in [-0.4, -0.2) is 32.3 Å². The number of carbonyl (C=O) groups is 1.